The SMILES string of the molecule is CNCCCNCc1cccc(OCc2ccc(Cl)cc2Cl)c1.Cl.Cl. The van der Waals surface area contributed by atoms with Gasteiger partial charge in [-0.05, 0) is 56.4 Å². The summed E-state index contributed by atoms with van der Waals surface area (Å²) < 4.78 is 5.83. The van der Waals surface area contributed by atoms with Crippen molar-refractivity contribution in [1.82, 2.24) is 10.6 Å². The number of ether oxygens (including phenoxy) is 1. The first-order valence-corrected chi connectivity index (χ1v) is 8.45. The van der Waals surface area contributed by atoms with E-state index in [2.05, 4.69) is 22.8 Å². The normalized spacial score (nSPS) is 9.88. The molecule has 2 aromatic rings. The quantitative estimate of drug-likeness (QED) is 0.547. The summed E-state index contributed by atoms with van der Waals surface area (Å²) in [5.74, 6) is 0.838. The van der Waals surface area contributed by atoms with Gasteiger partial charge in [0.1, 0.15) is 12.4 Å². The first-order chi connectivity index (χ1) is 11.2. The predicted molar refractivity (Wildman–Crippen MR) is 112 cm³/mol. The Morgan fingerprint density at radius 1 is 1.00 bits per heavy atom. The molecule has 0 aliphatic rings. The van der Waals surface area contributed by atoms with E-state index >= 15 is 0 Å². The Balaban J connectivity index is 0.00000288. The highest BCUT2D eigenvalue weighted by molar-refractivity contribution is 6.35. The van der Waals surface area contributed by atoms with Gasteiger partial charge in [-0.15, -0.1) is 24.8 Å². The maximum absolute atomic E-state index is 6.16. The van der Waals surface area contributed by atoms with Crippen LogP contribution in [0.2, 0.25) is 10.0 Å². The second-order valence-corrected chi connectivity index (χ2v) is 6.15. The van der Waals surface area contributed by atoms with Crippen LogP contribution in [0.1, 0.15) is 17.5 Å². The Hall–Kier alpha value is -0.680. The van der Waals surface area contributed by atoms with Gasteiger partial charge >= 0.3 is 0 Å². The highest BCUT2D eigenvalue weighted by Crippen LogP contribution is 2.23. The van der Waals surface area contributed by atoms with E-state index in [9.17, 15) is 0 Å². The van der Waals surface area contributed by atoms with Gasteiger partial charge in [-0.2, -0.15) is 0 Å². The monoisotopic (exact) mass is 424 g/mol. The van der Waals surface area contributed by atoms with Crippen molar-refractivity contribution < 1.29 is 4.74 Å². The zero-order valence-electron chi connectivity index (χ0n) is 14.1. The van der Waals surface area contributed by atoms with Crippen molar-refractivity contribution in [3.63, 3.8) is 0 Å². The fraction of sp³-hybridized carbons (Fsp3) is 0.333. The molecule has 0 aliphatic heterocycles. The third-order valence-electron chi connectivity index (χ3n) is 3.42. The molecule has 0 amide bonds. The Bertz CT molecular complexity index is 626. The topological polar surface area (TPSA) is 33.3 Å². The number of halogens is 4. The maximum atomic E-state index is 6.16. The first-order valence-electron chi connectivity index (χ1n) is 7.70. The summed E-state index contributed by atoms with van der Waals surface area (Å²) in [6, 6.07) is 13.5. The smallest absolute Gasteiger partial charge is 0.120 e. The lowest BCUT2D eigenvalue weighted by molar-refractivity contribution is 0.306. The van der Waals surface area contributed by atoms with Crippen molar-refractivity contribution in [2.75, 3.05) is 20.1 Å². The fourth-order valence-electron chi connectivity index (χ4n) is 2.17. The Labute approximate surface area is 172 Å². The molecule has 0 saturated heterocycles. The molecule has 0 fully saturated rings. The fourth-order valence-corrected chi connectivity index (χ4v) is 2.63. The minimum atomic E-state index is 0. The largest absolute Gasteiger partial charge is 0.489 e. The molecule has 140 valence electrons. The summed E-state index contributed by atoms with van der Waals surface area (Å²) in [5.41, 5.74) is 2.13. The van der Waals surface area contributed by atoms with Gasteiger partial charge < -0.3 is 15.4 Å². The molecule has 0 atom stereocenters. The molecule has 0 unspecified atom stereocenters. The van der Waals surface area contributed by atoms with Gasteiger partial charge in [0.15, 0.2) is 0 Å². The van der Waals surface area contributed by atoms with Crippen LogP contribution in [0.4, 0.5) is 0 Å². The summed E-state index contributed by atoms with van der Waals surface area (Å²) >= 11 is 12.1. The number of hydrogen-bond donors (Lipinski definition) is 2. The van der Waals surface area contributed by atoms with Gasteiger partial charge in [-0.25, -0.2) is 0 Å². The van der Waals surface area contributed by atoms with Crippen LogP contribution in [0.15, 0.2) is 42.5 Å². The highest BCUT2D eigenvalue weighted by atomic mass is 35.5. The van der Waals surface area contributed by atoms with E-state index in [4.69, 9.17) is 27.9 Å². The first kappa shape index (κ1) is 24.3. The van der Waals surface area contributed by atoms with E-state index in [1.165, 1.54) is 5.56 Å². The number of rotatable bonds is 9. The van der Waals surface area contributed by atoms with Crippen molar-refractivity contribution in [1.29, 1.82) is 0 Å². The van der Waals surface area contributed by atoms with Crippen molar-refractivity contribution in [3.8, 4) is 5.75 Å². The van der Waals surface area contributed by atoms with Crippen LogP contribution in [0.5, 0.6) is 5.75 Å². The molecule has 2 rings (SSSR count). The van der Waals surface area contributed by atoms with Crippen LogP contribution in [0.25, 0.3) is 0 Å². The van der Waals surface area contributed by atoms with Crippen LogP contribution >= 0.6 is 48.0 Å². The van der Waals surface area contributed by atoms with Crippen molar-refractivity contribution in [2.24, 2.45) is 0 Å². The molecule has 7 heteroatoms. The molecule has 25 heavy (non-hydrogen) atoms. The minimum Gasteiger partial charge on any atom is -0.489 e. The van der Waals surface area contributed by atoms with Gasteiger partial charge in [0, 0.05) is 22.2 Å². The number of benzene rings is 2. The third-order valence-corrected chi connectivity index (χ3v) is 4.00. The molecule has 0 aromatic heterocycles. The maximum Gasteiger partial charge on any atom is 0.120 e. The molecule has 0 bridgehead atoms. The van der Waals surface area contributed by atoms with Gasteiger partial charge in [-0.1, -0.05) is 41.4 Å². The zero-order chi connectivity index (χ0) is 16.5. The molecule has 2 aromatic carbocycles. The number of nitrogens with one attached hydrogen (secondary N) is 2. The molecule has 0 radical (unpaired) electrons. The molecule has 2 N–H and O–H groups in total. The predicted octanol–water partition coefficient (Wildman–Crippen LogP) is 5.12. The van der Waals surface area contributed by atoms with Crippen LogP contribution in [0.3, 0.4) is 0 Å². The van der Waals surface area contributed by atoms with Gasteiger partial charge in [0.05, 0.1) is 0 Å². The van der Waals surface area contributed by atoms with E-state index < -0.39 is 0 Å². The van der Waals surface area contributed by atoms with E-state index in [1.54, 1.807) is 6.07 Å². The lowest BCUT2D eigenvalue weighted by Crippen LogP contribution is -2.19. The van der Waals surface area contributed by atoms with Gasteiger partial charge in [0.2, 0.25) is 0 Å². The van der Waals surface area contributed by atoms with E-state index in [-0.39, 0.29) is 24.8 Å². The van der Waals surface area contributed by atoms with Crippen LogP contribution in [-0.4, -0.2) is 20.1 Å². The van der Waals surface area contributed by atoms with Crippen molar-refractivity contribution >= 4 is 48.0 Å². The average molecular weight is 426 g/mol. The summed E-state index contributed by atoms with van der Waals surface area (Å²) in [6.45, 7) is 3.28. The van der Waals surface area contributed by atoms with Crippen LogP contribution < -0.4 is 15.4 Å². The summed E-state index contributed by atoms with van der Waals surface area (Å²) in [7, 11) is 1.97. The summed E-state index contributed by atoms with van der Waals surface area (Å²) in [6.07, 6.45) is 1.11. The Kier molecular flexibility index (Phi) is 13.1. The van der Waals surface area contributed by atoms with E-state index in [0.29, 0.717) is 16.7 Å². The molecule has 0 saturated carbocycles. The molecule has 3 nitrogen and oxygen atoms in total. The van der Waals surface area contributed by atoms with Gasteiger partial charge in [0.25, 0.3) is 0 Å². The number of hydrogen-bond acceptors (Lipinski definition) is 3. The standard InChI is InChI=1S/C18H22Cl2N2O.2ClH/c1-21-8-3-9-22-12-14-4-2-5-17(10-14)23-13-15-6-7-16(19)11-18(15)20;;/h2,4-7,10-11,21-22H,3,8-9,12-13H2,1H3;2*1H. The molecule has 0 heterocycles. The molecular formula is C18H24Cl4N2O. The lowest BCUT2D eigenvalue weighted by Gasteiger charge is -2.10. The van der Waals surface area contributed by atoms with Crippen molar-refractivity contribution in [3.05, 3.63) is 63.6 Å². The van der Waals surface area contributed by atoms with Crippen LogP contribution in [0, 0.1) is 0 Å². The Morgan fingerprint density at radius 2 is 1.80 bits per heavy atom. The van der Waals surface area contributed by atoms with Gasteiger partial charge in [-0.3, -0.25) is 0 Å². The Morgan fingerprint density at radius 3 is 2.52 bits per heavy atom. The zero-order valence-corrected chi connectivity index (χ0v) is 17.2. The second-order valence-electron chi connectivity index (χ2n) is 5.31. The molecule has 0 spiro atoms. The van der Waals surface area contributed by atoms with Crippen molar-refractivity contribution in [2.45, 2.75) is 19.6 Å². The molecule has 0 aliphatic carbocycles. The van der Waals surface area contributed by atoms with E-state index in [1.807, 2.05) is 31.3 Å². The lowest BCUT2D eigenvalue weighted by atomic mass is 10.2. The van der Waals surface area contributed by atoms with Crippen LogP contribution in [-0.2, 0) is 13.2 Å². The summed E-state index contributed by atoms with van der Waals surface area (Å²) in [4.78, 5) is 0. The highest BCUT2D eigenvalue weighted by Gasteiger charge is 2.03. The second kappa shape index (κ2) is 13.5. The third kappa shape index (κ3) is 9.00. The average Bonchev–Trinajstić information content (AvgIpc) is 2.54. The molecular weight excluding hydrogens is 402 g/mol. The summed E-state index contributed by atoms with van der Waals surface area (Å²) in [5, 5.41) is 7.81. The minimum absolute atomic E-state index is 0. The van der Waals surface area contributed by atoms with E-state index in [0.717, 1.165) is 37.4 Å².